The molecule has 0 spiro atoms. The van der Waals surface area contributed by atoms with E-state index in [2.05, 4.69) is 10.3 Å². The molecule has 0 bridgehead atoms. The molecule has 1 fully saturated rings. The van der Waals surface area contributed by atoms with Crippen molar-refractivity contribution in [2.75, 3.05) is 13.3 Å². The molecule has 2 aromatic rings. The normalized spacial score (nSPS) is 14.9. The van der Waals surface area contributed by atoms with Gasteiger partial charge in [0.15, 0.2) is 6.67 Å². The molecule has 3 rings (SSSR count). The van der Waals surface area contributed by atoms with Gasteiger partial charge in [-0.3, -0.25) is 4.79 Å². The number of aromatic nitrogens is 1. The van der Waals surface area contributed by atoms with Gasteiger partial charge in [0.05, 0.1) is 16.5 Å². The van der Waals surface area contributed by atoms with Gasteiger partial charge in [0.25, 0.3) is 11.1 Å². The van der Waals surface area contributed by atoms with Crippen molar-refractivity contribution in [3.05, 3.63) is 40.4 Å². The lowest BCUT2D eigenvalue weighted by Gasteiger charge is -2.08. The number of halogens is 2. The summed E-state index contributed by atoms with van der Waals surface area (Å²) in [5, 5.41) is 3.41. The van der Waals surface area contributed by atoms with E-state index in [0.29, 0.717) is 21.9 Å². The highest BCUT2D eigenvalue weighted by atomic mass is 35.5. The van der Waals surface area contributed by atoms with Gasteiger partial charge in [-0.15, -0.1) is 0 Å². The molecule has 0 unspecified atom stereocenters. The molecule has 5 nitrogen and oxygen atoms in total. The summed E-state index contributed by atoms with van der Waals surface area (Å²) in [5.74, 6) is 1.27. The Morgan fingerprint density at radius 1 is 1.52 bits per heavy atom. The second-order valence-corrected chi connectivity index (χ2v) is 7.76. The third kappa shape index (κ3) is 6.22. The van der Waals surface area contributed by atoms with Gasteiger partial charge in [-0.2, -0.15) is 0 Å². The highest BCUT2D eigenvalue weighted by Crippen LogP contribution is 2.35. The Morgan fingerprint density at radius 3 is 3.04 bits per heavy atom. The highest BCUT2D eigenvalue weighted by molar-refractivity contribution is 7.14. The summed E-state index contributed by atoms with van der Waals surface area (Å²) in [7, 11) is 0. The topological polar surface area (TPSA) is 60.5 Å². The van der Waals surface area contributed by atoms with Crippen molar-refractivity contribution < 1.29 is 18.7 Å². The van der Waals surface area contributed by atoms with Crippen molar-refractivity contribution in [1.29, 1.82) is 0 Å². The van der Waals surface area contributed by atoms with Crippen LogP contribution in [0.15, 0.2) is 30.5 Å². The first-order valence-electron chi connectivity index (χ1n) is 8.63. The van der Waals surface area contributed by atoms with Crippen molar-refractivity contribution in [2.45, 2.75) is 25.8 Å². The van der Waals surface area contributed by atoms with Crippen LogP contribution < -0.4 is 14.8 Å². The van der Waals surface area contributed by atoms with E-state index in [1.807, 2.05) is 6.07 Å². The van der Waals surface area contributed by atoms with E-state index in [4.69, 9.17) is 21.1 Å². The number of nitrogens with zero attached hydrogens (tertiary/aromatic N) is 1. The van der Waals surface area contributed by atoms with Crippen molar-refractivity contribution >= 4 is 34.9 Å². The zero-order valence-corrected chi connectivity index (χ0v) is 16.4. The van der Waals surface area contributed by atoms with Crippen molar-refractivity contribution in [2.24, 2.45) is 5.92 Å². The van der Waals surface area contributed by atoms with Crippen LogP contribution in [0.1, 0.15) is 24.6 Å². The fourth-order valence-corrected chi connectivity index (χ4v) is 3.12. The number of thiazole rings is 1. The summed E-state index contributed by atoms with van der Waals surface area (Å²) in [6.07, 6.45) is 7.67. The number of nitrogens with one attached hydrogen (secondary N) is 1. The fourth-order valence-electron chi connectivity index (χ4n) is 2.22. The van der Waals surface area contributed by atoms with E-state index >= 15 is 0 Å². The Bertz CT molecular complexity index is 823. The molecule has 0 aliphatic heterocycles. The van der Waals surface area contributed by atoms with Gasteiger partial charge < -0.3 is 14.8 Å². The number of rotatable bonds is 9. The Hall–Kier alpha value is -2.12. The summed E-state index contributed by atoms with van der Waals surface area (Å²) in [5.41, 5.74) is 0. The first-order chi connectivity index (χ1) is 13.0. The molecular weight excluding hydrogens is 391 g/mol. The zero-order chi connectivity index (χ0) is 19.2. The fraction of sp³-hybridized carbons (Fsp3) is 0.368. The number of carbonyl (C=O) groups excluding carboxylic acids is 1. The number of hydrogen-bond donors (Lipinski definition) is 1. The second kappa shape index (κ2) is 9.19. The number of benzene rings is 1. The number of alkyl halides is 1. The summed E-state index contributed by atoms with van der Waals surface area (Å²) < 4.78 is 23.6. The van der Waals surface area contributed by atoms with Gasteiger partial charge in [-0.05, 0) is 43.9 Å². The molecule has 1 atom stereocenters. The van der Waals surface area contributed by atoms with Gasteiger partial charge >= 0.3 is 0 Å². The quantitative estimate of drug-likeness (QED) is 0.641. The SMILES string of the molecule is C[C@@H](/C=C/c1cnc(Oc2ccc(OCC3CC3)cc2Cl)s1)NC(=O)CF. The summed E-state index contributed by atoms with van der Waals surface area (Å²) in [6, 6.07) is 5.05. The van der Waals surface area contributed by atoms with Gasteiger partial charge in [-0.25, -0.2) is 9.37 Å². The van der Waals surface area contributed by atoms with Crippen molar-refractivity contribution in [1.82, 2.24) is 10.3 Å². The molecule has 1 aromatic heterocycles. The van der Waals surface area contributed by atoms with Crippen LogP contribution in [0.3, 0.4) is 0 Å². The van der Waals surface area contributed by atoms with E-state index in [-0.39, 0.29) is 6.04 Å². The van der Waals surface area contributed by atoms with Crippen LogP contribution in [0.25, 0.3) is 6.08 Å². The van der Waals surface area contributed by atoms with Gasteiger partial charge in [0.2, 0.25) is 0 Å². The minimum atomic E-state index is -1.03. The maximum absolute atomic E-state index is 12.2. The minimum Gasteiger partial charge on any atom is -0.493 e. The predicted molar refractivity (Wildman–Crippen MR) is 104 cm³/mol. The predicted octanol–water partition coefficient (Wildman–Crippen LogP) is 4.87. The van der Waals surface area contributed by atoms with E-state index in [9.17, 15) is 9.18 Å². The standard InChI is InChI=1S/C19H20ClFN2O3S/c1-12(23-18(24)9-21)2-6-15-10-22-19(27-15)26-17-7-5-14(8-16(17)20)25-11-13-3-4-13/h2,5-8,10,12-13H,3-4,9,11H2,1H3,(H,23,24)/b6-2+/t12-/m0/s1. The van der Waals surface area contributed by atoms with Gasteiger partial charge in [-0.1, -0.05) is 29.0 Å². The molecule has 0 radical (unpaired) electrons. The van der Waals surface area contributed by atoms with Crippen LogP contribution in [0.5, 0.6) is 16.7 Å². The molecule has 1 amide bonds. The number of hydrogen-bond acceptors (Lipinski definition) is 5. The first kappa shape index (κ1) is 19.6. The van der Waals surface area contributed by atoms with Gasteiger partial charge in [0.1, 0.15) is 11.5 Å². The highest BCUT2D eigenvalue weighted by Gasteiger charge is 2.22. The maximum atomic E-state index is 12.2. The van der Waals surface area contributed by atoms with Crippen molar-refractivity contribution in [3.63, 3.8) is 0 Å². The Kier molecular flexibility index (Phi) is 6.68. The Morgan fingerprint density at radius 2 is 2.33 bits per heavy atom. The second-order valence-electron chi connectivity index (χ2n) is 6.33. The molecule has 1 N–H and O–H groups in total. The summed E-state index contributed by atoms with van der Waals surface area (Å²) in [4.78, 5) is 16.0. The van der Waals surface area contributed by atoms with Crippen LogP contribution in [0.2, 0.25) is 5.02 Å². The van der Waals surface area contributed by atoms with Crippen LogP contribution in [0.4, 0.5) is 4.39 Å². The molecule has 8 heteroatoms. The Balaban J connectivity index is 1.55. The van der Waals surface area contributed by atoms with Crippen molar-refractivity contribution in [3.8, 4) is 16.7 Å². The summed E-state index contributed by atoms with van der Waals surface area (Å²) >= 11 is 7.60. The molecule has 1 heterocycles. The Labute approximate surface area is 166 Å². The maximum Gasteiger partial charge on any atom is 0.279 e. The number of carbonyl (C=O) groups is 1. The molecule has 0 saturated heterocycles. The lowest BCUT2D eigenvalue weighted by atomic mass is 10.3. The van der Waals surface area contributed by atoms with E-state index in [0.717, 1.165) is 17.2 Å². The van der Waals surface area contributed by atoms with Crippen LogP contribution in [-0.2, 0) is 4.79 Å². The average molecular weight is 411 g/mol. The molecule has 144 valence electrons. The molecule has 1 aliphatic rings. The largest absolute Gasteiger partial charge is 0.493 e. The lowest BCUT2D eigenvalue weighted by molar-refractivity contribution is -0.122. The van der Waals surface area contributed by atoms with Crippen LogP contribution in [-0.4, -0.2) is 30.2 Å². The van der Waals surface area contributed by atoms with E-state index in [1.165, 1.54) is 24.2 Å². The molecule has 1 saturated carbocycles. The van der Waals surface area contributed by atoms with Crippen LogP contribution >= 0.6 is 22.9 Å². The number of amides is 1. The first-order valence-corrected chi connectivity index (χ1v) is 9.82. The van der Waals surface area contributed by atoms with E-state index < -0.39 is 12.6 Å². The lowest BCUT2D eigenvalue weighted by Crippen LogP contribution is -2.31. The molecular formula is C19H20ClFN2O3S. The van der Waals surface area contributed by atoms with E-state index in [1.54, 1.807) is 37.4 Å². The van der Waals surface area contributed by atoms with Gasteiger partial charge in [0, 0.05) is 18.3 Å². The third-order valence-electron chi connectivity index (χ3n) is 3.84. The minimum absolute atomic E-state index is 0.280. The smallest absolute Gasteiger partial charge is 0.279 e. The zero-order valence-electron chi connectivity index (χ0n) is 14.8. The molecule has 27 heavy (non-hydrogen) atoms. The molecule has 1 aromatic carbocycles. The molecule has 1 aliphatic carbocycles. The average Bonchev–Trinajstić information content (AvgIpc) is 3.38. The third-order valence-corrected chi connectivity index (χ3v) is 4.98. The summed E-state index contributed by atoms with van der Waals surface area (Å²) in [6.45, 7) is 1.46. The number of ether oxygens (including phenoxy) is 2. The van der Waals surface area contributed by atoms with Crippen LogP contribution in [0, 0.1) is 5.92 Å². The monoisotopic (exact) mass is 410 g/mol.